The van der Waals surface area contributed by atoms with Crippen molar-refractivity contribution in [1.82, 2.24) is 10.3 Å². The zero-order valence-electron chi connectivity index (χ0n) is 11.9. The van der Waals surface area contributed by atoms with Gasteiger partial charge < -0.3 is 19.5 Å². The van der Waals surface area contributed by atoms with E-state index in [-0.39, 0.29) is 0 Å². The number of nitrogens with zero attached hydrogens (tertiary/aromatic N) is 1. The topological polar surface area (TPSA) is 52.6 Å². The molecule has 19 heavy (non-hydrogen) atoms. The molecule has 0 radical (unpaired) electrons. The van der Waals surface area contributed by atoms with Crippen LogP contribution < -0.4 is 10.1 Å². The summed E-state index contributed by atoms with van der Waals surface area (Å²) in [5.74, 6) is 0.872. The highest BCUT2D eigenvalue weighted by molar-refractivity contribution is 5.29. The second-order valence-corrected chi connectivity index (χ2v) is 4.07. The summed E-state index contributed by atoms with van der Waals surface area (Å²) in [4.78, 5) is 4.11. The maximum Gasteiger partial charge on any atom is 0.126 e. The van der Waals surface area contributed by atoms with Crippen LogP contribution in [0.5, 0.6) is 5.75 Å². The van der Waals surface area contributed by atoms with Crippen LogP contribution >= 0.6 is 0 Å². The van der Waals surface area contributed by atoms with Gasteiger partial charge in [0.15, 0.2) is 0 Å². The molecule has 0 spiro atoms. The van der Waals surface area contributed by atoms with Gasteiger partial charge in [0, 0.05) is 44.8 Å². The van der Waals surface area contributed by atoms with Gasteiger partial charge in [0.2, 0.25) is 0 Å². The first-order chi connectivity index (χ1) is 9.38. The molecule has 0 atom stereocenters. The largest absolute Gasteiger partial charge is 0.491 e. The van der Waals surface area contributed by atoms with Gasteiger partial charge in [0.25, 0.3) is 0 Å². The molecule has 1 aromatic rings. The summed E-state index contributed by atoms with van der Waals surface area (Å²) in [6, 6.07) is 1.89. The molecule has 0 aliphatic carbocycles. The van der Waals surface area contributed by atoms with E-state index in [1.807, 2.05) is 12.3 Å². The molecule has 0 aliphatic heterocycles. The smallest absolute Gasteiger partial charge is 0.126 e. The highest BCUT2D eigenvalue weighted by Gasteiger charge is 2.02. The van der Waals surface area contributed by atoms with Crippen molar-refractivity contribution < 1.29 is 14.2 Å². The Hall–Kier alpha value is -1.17. The average molecular weight is 268 g/mol. The van der Waals surface area contributed by atoms with E-state index in [0.717, 1.165) is 37.4 Å². The highest BCUT2D eigenvalue weighted by Crippen LogP contribution is 2.16. The Bertz CT molecular complexity index is 334. The minimum atomic E-state index is 0.552. The third kappa shape index (κ3) is 7.10. The third-order valence-electron chi connectivity index (χ3n) is 2.55. The van der Waals surface area contributed by atoms with Crippen LogP contribution in [-0.2, 0) is 16.0 Å². The number of nitrogens with one attached hydrogen (secondary N) is 1. The van der Waals surface area contributed by atoms with Crippen LogP contribution in [0.4, 0.5) is 0 Å². The molecule has 1 N–H and O–H groups in total. The zero-order chi connectivity index (χ0) is 13.8. The number of rotatable bonds is 11. The van der Waals surface area contributed by atoms with Gasteiger partial charge in [-0.1, -0.05) is 6.92 Å². The van der Waals surface area contributed by atoms with Gasteiger partial charge in [0.1, 0.15) is 12.4 Å². The molecule has 0 amide bonds. The van der Waals surface area contributed by atoms with Gasteiger partial charge in [-0.25, -0.2) is 0 Å². The van der Waals surface area contributed by atoms with Crippen LogP contribution in [0.25, 0.3) is 0 Å². The van der Waals surface area contributed by atoms with Gasteiger partial charge in [0.05, 0.1) is 6.61 Å². The first-order valence-corrected chi connectivity index (χ1v) is 6.71. The Labute approximate surface area is 115 Å². The van der Waals surface area contributed by atoms with Gasteiger partial charge in [-0.15, -0.1) is 0 Å². The van der Waals surface area contributed by atoms with E-state index in [0.29, 0.717) is 19.8 Å². The van der Waals surface area contributed by atoms with Crippen molar-refractivity contribution in [2.24, 2.45) is 0 Å². The van der Waals surface area contributed by atoms with Crippen LogP contribution in [0.1, 0.15) is 18.9 Å². The Kier molecular flexibility index (Phi) is 8.97. The van der Waals surface area contributed by atoms with Crippen LogP contribution in [0.2, 0.25) is 0 Å². The number of hydrogen-bond donors (Lipinski definition) is 1. The fourth-order valence-electron chi connectivity index (χ4n) is 1.57. The van der Waals surface area contributed by atoms with Crippen molar-refractivity contribution >= 4 is 0 Å². The second kappa shape index (κ2) is 10.7. The maximum atomic E-state index is 5.70. The SMILES string of the molecule is CCNCc1cnccc1OCCOCCCOC. The molecule has 5 nitrogen and oxygen atoms in total. The molecule has 0 aliphatic rings. The standard InChI is InChI=1S/C14H24N2O3/c1-3-15-11-13-12-16-6-5-14(13)19-10-9-18-8-4-7-17-2/h5-6,12,15H,3-4,7-11H2,1-2H3. The van der Waals surface area contributed by atoms with E-state index >= 15 is 0 Å². The molecular weight excluding hydrogens is 244 g/mol. The number of methoxy groups -OCH3 is 1. The number of aromatic nitrogens is 1. The Morgan fingerprint density at radius 3 is 2.89 bits per heavy atom. The molecule has 0 saturated heterocycles. The Morgan fingerprint density at radius 1 is 1.21 bits per heavy atom. The third-order valence-corrected chi connectivity index (χ3v) is 2.55. The minimum Gasteiger partial charge on any atom is -0.491 e. The van der Waals surface area contributed by atoms with Crippen LogP contribution in [-0.4, -0.2) is 45.1 Å². The Balaban J connectivity index is 2.21. The first-order valence-electron chi connectivity index (χ1n) is 6.71. The predicted octanol–water partition coefficient (Wildman–Crippen LogP) is 1.62. The van der Waals surface area contributed by atoms with E-state index in [1.54, 1.807) is 13.3 Å². The monoisotopic (exact) mass is 268 g/mol. The maximum absolute atomic E-state index is 5.70. The van der Waals surface area contributed by atoms with Crippen LogP contribution in [0.15, 0.2) is 18.5 Å². The van der Waals surface area contributed by atoms with E-state index in [2.05, 4.69) is 17.2 Å². The molecule has 5 heteroatoms. The lowest BCUT2D eigenvalue weighted by molar-refractivity contribution is 0.0804. The van der Waals surface area contributed by atoms with E-state index < -0.39 is 0 Å². The summed E-state index contributed by atoms with van der Waals surface area (Å²) in [6.45, 7) is 6.36. The fourth-order valence-corrected chi connectivity index (χ4v) is 1.57. The molecule has 1 heterocycles. The summed E-state index contributed by atoms with van der Waals surface area (Å²) in [5, 5.41) is 3.26. The summed E-state index contributed by atoms with van der Waals surface area (Å²) in [7, 11) is 1.69. The van der Waals surface area contributed by atoms with Gasteiger partial charge in [-0.05, 0) is 19.0 Å². The van der Waals surface area contributed by atoms with Crippen molar-refractivity contribution in [2.45, 2.75) is 19.9 Å². The quantitative estimate of drug-likeness (QED) is 0.618. The molecule has 0 bridgehead atoms. The van der Waals surface area contributed by atoms with E-state index in [4.69, 9.17) is 14.2 Å². The van der Waals surface area contributed by atoms with E-state index in [1.165, 1.54) is 0 Å². The number of hydrogen-bond acceptors (Lipinski definition) is 5. The second-order valence-electron chi connectivity index (χ2n) is 4.07. The Morgan fingerprint density at radius 2 is 2.11 bits per heavy atom. The fraction of sp³-hybridized carbons (Fsp3) is 0.643. The molecule has 0 saturated carbocycles. The minimum absolute atomic E-state index is 0.552. The van der Waals surface area contributed by atoms with Gasteiger partial charge in [-0.3, -0.25) is 4.98 Å². The van der Waals surface area contributed by atoms with Crippen molar-refractivity contribution in [3.63, 3.8) is 0 Å². The van der Waals surface area contributed by atoms with Crippen LogP contribution in [0, 0.1) is 0 Å². The predicted molar refractivity (Wildman–Crippen MR) is 74.4 cm³/mol. The first kappa shape index (κ1) is 15.9. The van der Waals surface area contributed by atoms with E-state index in [9.17, 15) is 0 Å². The molecule has 108 valence electrons. The number of ether oxygens (including phenoxy) is 3. The normalized spacial score (nSPS) is 10.6. The van der Waals surface area contributed by atoms with Crippen molar-refractivity contribution in [3.05, 3.63) is 24.0 Å². The average Bonchev–Trinajstić information content (AvgIpc) is 2.45. The van der Waals surface area contributed by atoms with Gasteiger partial charge >= 0.3 is 0 Å². The molecule has 0 aromatic carbocycles. The molecule has 0 unspecified atom stereocenters. The molecule has 1 rings (SSSR count). The van der Waals surface area contributed by atoms with Crippen molar-refractivity contribution in [3.8, 4) is 5.75 Å². The molecule has 0 fully saturated rings. The lowest BCUT2D eigenvalue weighted by Gasteiger charge is -2.11. The zero-order valence-corrected chi connectivity index (χ0v) is 11.9. The number of pyridine rings is 1. The van der Waals surface area contributed by atoms with Crippen molar-refractivity contribution in [2.75, 3.05) is 40.1 Å². The van der Waals surface area contributed by atoms with Gasteiger partial charge in [-0.2, -0.15) is 0 Å². The van der Waals surface area contributed by atoms with Crippen LogP contribution in [0.3, 0.4) is 0 Å². The molecular formula is C14H24N2O3. The summed E-state index contributed by atoms with van der Waals surface area (Å²) < 4.78 is 16.1. The van der Waals surface area contributed by atoms with Crippen molar-refractivity contribution in [1.29, 1.82) is 0 Å². The summed E-state index contributed by atoms with van der Waals surface area (Å²) in [6.07, 6.45) is 4.49. The summed E-state index contributed by atoms with van der Waals surface area (Å²) >= 11 is 0. The summed E-state index contributed by atoms with van der Waals surface area (Å²) in [5.41, 5.74) is 1.07. The molecule has 1 aromatic heterocycles. The lowest BCUT2D eigenvalue weighted by Crippen LogP contribution is -2.14. The highest BCUT2D eigenvalue weighted by atomic mass is 16.5. The lowest BCUT2D eigenvalue weighted by atomic mass is 10.2.